The van der Waals surface area contributed by atoms with Gasteiger partial charge in [-0.3, -0.25) is 0 Å². The van der Waals surface area contributed by atoms with Crippen LogP contribution in [0.2, 0.25) is 10.0 Å². The van der Waals surface area contributed by atoms with Gasteiger partial charge in [0, 0.05) is 10.9 Å². The van der Waals surface area contributed by atoms with Crippen molar-refractivity contribution >= 4 is 29.2 Å². The first-order chi connectivity index (χ1) is 9.47. The number of carboxylic acids is 1. The fourth-order valence-corrected chi connectivity index (χ4v) is 2.45. The van der Waals surface area contributed by atoms with Crippen LogP contribution in [0.3, 0.4) is 0 Å². The minimum atomic E-state index is -1.15. The van der Waals surface area contributed by atoms with Crippen molar-refractivity contribution in [1.82, 2.24) is 14.8 Å². The van der Waals surface area contributed by atoms with Crippen molar-refractivity contribution < 1.29 is 9.90 Å². The van der Waals surface area contributed by atoms with E-state index in [1.54, 1.807) is 12.1 Å². The number of hydrogen-bond acceptors (Lipinski definition) is 3. The Morgan fingerprint density at radius 2 is 2.05 bits per heavy atom. The fraction of sp³-hybridized carbons (Fsp3) is 0.308. The van der Waals surface area contributed by atoms with E-state index >= 15 is 0 Å². The molecular weight excluding hydrogens is 301 g/mol. The lowest BCUT2D eigenvalue weighted by Gasteiger charge is -2.09. The summed E-state index contributed by atoms with van der Waals surface area (Å²) in [5.41, 5.74) is 1.41. The second kappa shape index (κ2) is 4.75. The van der Waals surface area contributed by atoms with Crippen LogP contribution in [0.15, 0.2) is 12.1 Å². The van der Waals surface area contributed by atoms with Crippen molar-refractivity contribution in [1.29, 1.82) is 0 Å². The second-order valence-electron chi connectivity index (χ2n) is 4.84. The number of nitrogens with zero attached hydrogens (tertiary/aromatic N) is 3. The highest BCUT2D eigenvalue weighted by Gasteiger charge is 2.32. The molecule has 1 heterocycles. The van der Waals surface area contributed by atoms with Gasteiger partial charge in [-0.1, -0.05) is 23.2 Å². The number of benzene rings is 1. The fourth-order valence-electron chi connectivity index (χ4n) is 2.00. The molecule has 0 radical (unpaired) electrons. The third-order valence-corrected chi connectivity index (χ3v) is 3.93. The average Bonchev–Trinajstić information content (AvgIpc) is 3.13. The minimum absolute atomic E-state index is 0.223. The van der Waals surface area contributed by atoms with E-state index in [1.807, 2.05) is 6.92 Å². The molecule has 0 aliphatic heterocycles. The molecule has 1 saturated carbocycles. The highest BCUT2D eigenvalue weighted by atomic mass is 35.5. The summed E-state index contributed by atoms with van der Waals surface area (Å²) >= 11 is 12.3. The molecule has 1 N–H and O–H groups in total. The lowest BCUT2D eigenvalue weighted by molar-refractivity contribution is 0.0683. The topological polar surface area (TPSA) is 68.0 Å². The average molecular weight is 312 g/mol. The molecule has 20 heavy (non-hydrogen) atoms. The maximum atomic E-state index is 11.0. The molecule has 0 saturated heterocycles. The molecule has 2 aromatic rings. The molecule has 5 nitrogen and oxygen atoms in total. The molecule has 1 aliphatic carbocycles. The van der Waals surface area contributed by atoms with Gasteiger partial charge in [-0.15, -0.1) is 5.10 Å². The Bertz CT molecular complexity index is 708. The normalized spacial score (nSPS) is 14.6. The van der Waals surface area contributed by atoms with Gasteiger partial charge in [-0.05, 0) is 37.5 Å². The van der Waals surface area contributed by atoms with Gasteiger partial charge in [0.1, 0.15) is 5.82 Å². The smallest absolute Gasteiger partial charge is 0.375 e. The van der Waals surface area contributed by atoms with Crippen molar-refractivity contribution in [3.8, 4) is 5.69 Å². The van der Waals surface area contributed by atoms with Gasteiger partial charge >= 0.3 is 5.97 Å². The highest BCUT2D eigenvalue weighted by molar-refractivity contribution is 6.35. The van der Waals surface area contributed by atoms with Crippen LogP contribution in [-0.2, 0) is 0 Å². The molecule has 0 atom stereocenters. The van der Waals surface area contributed by atoms with Crippen molar-refractivity contribution in [2.75, 3.05) is 0 Å². The van der Waals surface area contributed by atoms with Gasteiger partial charge in [-0.2, -0.15) is 0 Å². The standard InChI is InChI=1S/C13H11Cl2N3O2/c1-6-4-9(15)10(5-8(6)14)18-12(7-2-3-7)16-11(17-18)13(19)20/h4-5,7H,2-3H2,1H3,(H,19,20). The first kappa shape index (κ1) is 13.4. The Morgan fingerprint density at radius 1 is 1.35 bits per heavy atom. The van der Waals surface area contributed by atoms with Crippen molar-refractivity contribution in [3.05, 3.63) is 39.4 Å². The van der Waals surface area contributed by atoms with Crippen LogP contribution in [0.25, 0.3) is 5.69 Å². The lowest BCUT2D eigenvalue weighted by atomic mass is 10.2. The zero-order valence-electron chi connectivity index (χ0n) is 10.6. The Balaban J connectivity index is 2.18. The van der Waals surface area contributed by atoms with Gasteiger partial charge in [-0.25, -0.2) is 14.5 Å². The predicted molar refractivity (Wildman–Crippen MR) is 75.1 cm³/mol. The number of hydrogen-bond donors (Lipinski definition) is 1. The molecule has 1 aromatic heterocycles. The Hall–Kier alpha value is -1.59. The van der Waals surface area contributed by atoms with Crippen LogP contribution < -0.4 is 0 Å². The second-order valence-corrected chi connectivity index (χ2v) is 5.65. The molecule has 0 unspecified atom stereocenters. The molecule has 1 aromatic carbocycles. The van der Waals surface area contributed by atoms with E-state index < -0.39 is 5.97 Å². The zero-order chi connectivity index (χ0) is 14.4. The zero-order valence-corrected chi connectivity index (χ0v) is 12.1. The van der Waals surface area contributed by atoms with Crippen LogP contribution in [0.5, 0.6) is 0 Å². The number of carboxylic acid groups (broad SMARTS) is 1. The van der Waals surface area contributed by atoms with E-state index in [0.29, 0.717) is 21.6 Å². The van der Waals surface area contributed by atoms with E-state index in [-0.39, 0.29) is 11.7 Å². The number of rotatable bonds is 3. The Kier molecular flexibility index (Phi) is 3.18. The largest absolute Gasteiger partial charge is 0.475 e. The van der Waals surface area contributed by atoms with Crippen molar-refractivity contribution in [2.24, 2.45) is 0 Å². The summed E-state index contributed by atoms with van der Waals surface area (Å²) in [5, 5.41) is 14.1. The van der Waals surface area contributed by atoms with Crippen molar-refractivity contribution in [3.63, 3.8) is 0 Å². The van der Waals surface area contributed by atoms with Gasteiger partial charge < -0.3 is 5.11 Å². The molecule has 1 aliphatic rings. The third kappa shape index (κ3) is 2.27. The molecule has 3 rings (SSSR count). The molecule has 104 valence electrons. The number of carbonyl (C=O) groups is 1. The van der Waals surface area contributed by atoms with Gasteiger partial charge in [0.05, 0.1) is 10.7 Å². The Morgan fingerprint density at radius 3 is 2.65 bits per heavy atom. The minimum Gasteiger partial charge on any atom is -0.475 e. The Labute approximate surface area is 125 Å². The van der Waals surface area contributed by atoms with E-state index in [4.69, 9.17) is 28.3 Å². The van der Waals surface area contributed by atoms with Gasteiger partial charge in [0.25, 0.3) is 5.82 Å². The number of aromatic carboxylic acids is 1. The van der Waals surface area contributed by atoms with Crippen LogP contribution in [0.1, 0.15) is 40.8 Å². The van der Waals surface area contributed by atoms with Crippen LogP contribution in [-0.4, -0.2) is 25.8 Å². The van der Waals surface area contributed by atoms with E-state index in [1.165, 1.54) is 4.68 Å². The summed E-state index contributed by atoms with van der Waals surface area (Å²) in [6, 6.07) is 3.42. The number of aryl methyl sites for hydroxylation is 1. The lowest BCUT2D eigenvalue weighted by Crippen LogP contribution is -2.04. The first-order valence-electron chi connectivity index (χ1n) is 6.13. The quantitative estimate of drug-likeness (QED) is 0.942. The van der Waals surface area contributed by atoms with Crippen LogP contribution in [0, 0.1) is 6.92 Å². The predicted octanol–water partition coefficient (Wildman–Crippen LogP) is 3.46. The first-order valence-corrected chi connectivity index (χ1v) is 6.89. The van der Waals surface area contributed by atoms with E-state index in [9.17, 15) is 4.79 Å². The van der Waals surface area contributed by atoms with Crippen LogP contribution in [0.4, 0.5) is 0 Å². The van der Waals surface area contributed by atoms with Gasteiger partial charge in [0.2, 0.25) is 0 Å². The summed E-state index contributed by atoms with van der Waals surface area (Å²) in [5.74, 6) is -0.504. The summed E-state index contributed by atoms with van der Waals surface area (Å²) in [4.78, 5) is 15.1. The maximum Gasteiger partial charge on any atom is 0.375 e. The summed E-state index contributed by atoms with van der Waals surface area (Å²) in [6.45, 7) is 1.85. The SMILES string of the molecule is Cc1cc(Cl)c(-n2nc(C(=O)O)nc2C2CC2)cc1Cl. The van der Waals surface area contributed by atoms with E-state index in [0.717, 1.165) is 18.4 Å². The summed E-state index contributed by atoms with van der Waals surface area (Å²) < 4.78 is 1.49. The molecule has 0 bridgehead atoms. The highest BCUT2D eigenvalue weighted by Crippen LogP contribution is 2.40. The number of aromatic nitrogens is 3. The van der Waals surface area contributed by atoms with Crippen molar-refractivity contribution in [2.45, 2.75) is 25.7 Å². The summed E-state index contributed by atoms with van der Waals surface area (Å²) in [7, 11) is 0. The monoisotopic (exact) mass is 311 g/mol. The molecule has 0 spiro atoms. The number of halogens is 2. The molecule has 1 fully saturated rings. The molecule has 0 amide bonds. The van der Waals surface area contributed by atoms with Crippen LogP contribution >= 0.6 is 23.2 Å². The molecule has 7 heteroatoms. The third-order valence-electron chi connectivity index (χ3n) is 3.22. The van der Waals surface area contributed by atoms with E-state index in [2.05, 4.69) is 10.1 Å². The molecular formula is C13H11Cl2N3O2. The maximum absolute atomic E-state index is 11.0. The van der Waals surface area contributed by atoms with Gasteiger partial charge in [0.15, 0.2) is 0 Å². The summed E-state index contributed by atoms with van der Waals surface area (Å²) in [6.07, 6.45) is 1.96.